The van der Waals surface area contributed by atoms with Crippen LogP contribution >= 0.6 is 0 Å². The molecule has 2 rings (SSSR count). The molecule has 0 saturated heterocycles. The van der Waals surface area contributed by atoms with Gasteiger partial charge in [-0.05, 0) is 18.8 Å². The first-order valence-corrected chi connectivity index (χ1v) is 7.07. The summed E-state index contributed by atoms with van der Waals surface area (Å²) >= 11 is 0. The average Bonchev–Trinajstić information content (AvgIpc) is 2.85. The molecule has 1 fully saturated rings. The third-order valence-corrected chi connectivity index (χ3v) is 3.91. The van der Waals surface area contributed by atoms with Crippen molar-refractivity contribution in [3.05, 3.63) is 11.9 Å². The summed E-state index contributed by atoms with van der Waals surface area (Å²) < 4.78 is 0. The fraction of sp³-hybridized carbons (Fsp3) is 0.714. The molecule has 1 saturated carbocycles. The second kappa shape index (κ2) is 6.19. The van der Waals surface area contributed by atoms with Crippen molar-refractivity contribution in [2.75, 3.05) is 24.3 Å². The van der Waals surface area contributed by atoms with E-state index < -0.39 is 0 Å². The normalized spacial score (nSPS) is 22.8. The van der Waals surface area contributed by atoms with Crippen LogP contribution in [0.4, 0.5) is 11.6 Å². The van der Waals surface area contributed by atoms with E-state index >= 15 is 0 Å². The highest BCUT2D eigenvalue weighted by Gasteiger charge is 2.28. The van der Waals surface area contributed by atoms with Gasteiger partial charge in [-0.3, -0.25) is 0 Å². The molecule has 19 heavy (non-hydrogen) atoms. The van der Waals surface area contributed by atoms with Crippen molar-refractivity contribution in [3.8, 4) is 0 Å². The molecule has 1 aliphatic carbocycles. The van der Waals surface area contributed by atoms with E-state index in [1.165, 1.54) is 6.42 Å². The van der Waals surface area contributed by atoms with Gasteiger partial charge in [-0.1, -0.05) is 20.3 Å². The van der Waals surface area contributed by atoms with Gasteiger partial charge in [0.25, 0.3) is 0 Å². The zero-order valence-corrected chi connectivity index (χ0v) is 12.0. The molecule has 0 amide bonds. The molecule has 0 spiro atoms. The molecule has 5 nitrogen and oxygen atoms in total. The third kappa shape index (κ3) is 2.97. The Hall–Kier alpha value is -1.36. The molecule has 1 heterocycles. The van der Waals surface area contributed by atoms with E-state index in [0.717, 1.165) is 30.0 Å². The maximum atomic E-state index is 9.41. The Bertz CT molecular complexity index is 422. The highest BCUT2D eigenvalue weighted by Crippen LogP contribution is 2.32. The Labute approximate surface area is 114 Å². The van der Waals surface area contributed by atoms with E-state index in [1.54, 1.807) is 6.33 Å². The van der Waals surface area contributed by atoms with E-state index in [1.807, 2.05) is 7.05 Å². The quantitative estimate of drug-likeness (QED) is 0.760. The largest absolute Gasteiger partial charge is 0.396 e. The second-order valence-electron chi connectivity index (χ2n) is 5.51. The molecule has 1 aromatic heterocycles. The number of hydrogen-bond donors (Lipinski definition) is 3. The first-order chi connectivity index (χ1) is 9.17. The third-order valence-electron chi connectivity index (χ3n) is 3.91. The Morgan fingerprint density at radius 2 is 2.05 bits per heavy atom. The average molecular weight is 264 g/mol. The summed E-state index contributed by atoms with van der Waals surface area (Å²) in [5, 5.41) is 16.1. The predicted octanol–water partition coefficient (Wildman–Crippen LogP) is 2.21. The van der Waals surface area contributed by atoms with Crippen molar-refractivity contribution in [1.29, 1.82) is 0 Å². The van der Waals surface area contributed by atoms with Gasteiger partial charge >= 0.3 is 0 Å². The molecule has 3 N–H and O–H groups in total. The standard InChI is InChI=1S/C14H24N4O/c1-9(2)12-13(15-3)16-8-17-14(12)18-11-6-4-5-10(11)7-19/h8-11,19H,4-7H2,1-3H3,(H2,15,16,17,18). The molecule has 2 unspecified atom stereocenters. The molecule has 5 heteroatoms. The van der Waals surface area contributed by atoms with Gasteiger partial charge in [-0.2, -0.15) is 0 Å². The van der Waals surface area contributed by atoms with E-state index in [0.29, 0.717) is 17.9 Å². The smallest absolute Gasteiger partial charge is 0.135 e. The SMILES string of the molecule is CNc1ncnc(NC2CCCC2CO)c1C(C)C. The van der Waals surface area contributed by atoms with Crippen molar-refractivity contribution < 1.29 is 5.11 Å². The van der Waals surface area contributed by atoms with Crippen LogP contribution in [-0.2, 0) is 0 Å². The zero-order chi connectivity index (χ0) is 13.8. The van der Waals surface area contributed by atoms with Gasteiger partial charge in [0.2, 0.25) is 0 Å². The second-order valence-corrected chi connectivity index (χ2v) is 5.51. The number of rotatable bonds is 5. The number of aromatic nitrogens is 2. The lowest BCUT2D eigenvalue weighted by Crippen LogP contribution is -2.27. The van der Waals surface area contributed by atoms with Crippen LogP contribution in [-0.4, -0.2) is 34.8 Å². The van der Waals surface area contributed by atoms with Gasteiger partial charge in [0.1, 0.15) is 18.0 Å². The van der Waals surface area contributed by atoms with Gasteiger partial charge in [-0.25, -0.2) is 9.97 Å². The van der Waals surface area contributed by atoms with Crippen molar-refractivity contribution in [1.82, 2.24) is 9.97 Å². The first kappa shape index (κ1) is 14.1. The van der Waals surface area contributed by atoms with E-state index in [2.05, 4.69) is 34.4 Å². The summed E-state index contributed by atoms with van der Waals surface area (Å²) in [6.07, 6.45) is 4.95. The Morgan fingerprint density at radius 1 is 1.32 bits per heavy atom. The van der Waals surface area contributed by atoms with Crippen molar-refractivity contribution in [2.45, 2.75) is 45.1 Å². The highest BCUT2D eigenvalue weighted by atomic mass is 16.3. The maximum absolute atomic E-state index is 9.41. The Morgan fingerprint density at radius 3 is 2.68 bits per heavy atom. The van der Waals surface area contributed by atoms with Crippen molar-refractivity contribution in [2.24, 2.45) is 5.92 Å². The van der Waals surface area contributed by atoms with Crippen LogP contribution in [0.3, 0.4) is 0 Å². The van der Waals surface area contributed by atoms with Gasteiger partial charge in [0.15, 0.2) is 0 Å². The lowest BCUT2D eigenvalue weighted by molar-refractivity contribution is 0.222. The van der Waals surface area contributed by atoms with Crippen LogP contribution in [0.25, 0.3) is 0 Å². The zero-order valence-electron chi connectivity index (χ0n) is 12.0. The molecular formula is C14H24N4O. The molecule has 0 aromatic carbocycles. The monoisotopic (exact) mass is 264 g/mol. The van der Waals surface area contributed by atoms with Crippen LogP contribution in [0, 0.1) is 5.92 Å². The molecule has 1 aromatic rings. The summed E-state index contributed by atoms with van der Waals surface area (Å²) in [7, 11) is 1.88. The number of anilines is 2. The highest BCUT2D eigenvalue weighted by molar-refractivity contribution is 5.59. The molecule has 106 valence electrons. The maximum Gasteiger partial charge on any atom is 0.135 e. The Balaban J connectivity index is 2.24. The first-order valence-electron chi connectivity index (χ1n) is 7.07. The fourth-order valence-electron chi connectivity index (χ4n) is 2.88. The van der Waals surface area contributed by atoms with Gasteiger partial charge < -0.3 is 15.7 Å². The summed E-state index contributed by atoms with van der Waals surface area (Å²) in [6, 6.07) is 0.321. The van der Waals surface area contributed by atoms with Crippen LogP contribution in [0.1, 0.15) is 44.6 Å². The predicted molar refractivity (Wildman–Crippen MR) is 77.5 cm³/mol. The summed E-state index contributed by atoms with van der Waals surface area (Å²) in [6.45, 7) is 4.53. The fourth-order valence-corrected chi connectivity index (χ4v) is 2.88. The number of aliphatic hydroxyl groups is 1. The van der Waals surface area contributed by atoms with Crippen molar-refractivity contribution in [3.63, 3.8) is 0 Å². The number of nitrogens with zero attached hydrogens (tertiary/aromatic N) is 2. The van der Waals surface area contributed by atoms with E-state index in [9.17, 15) is 5.11 Å². The van der Waals surface area contributed by atoms with Gasteiger partial charge in [0.05, 0.1) is 0 Å². The lowest BCUT2D eigenvalue weighted by atomic mass is 10.0. The minimum Gasteiger partial charge on any atom is -0.396 e. The van der Waals surface area contributed by atoms with Gasteiger partial charge in [0, 0.05) is 31.2 Å². The van der Waals surface area contributed by atoms with Crippen LogP contribution < -0.4 is 10.6 Å². The minimum atomic E-state index is 0.249. The number of aliphatic hydroxyl groups excluding tert-OH is 1. The van der Waals surface area contributed by atoms with Crippen LogP contribution in [0.2, 0.25) is 0 Å². The summed E-state index contributed by atoms with van der Waals surface area (Å²) in [4.78, 5) is 8.68. The van der Waals surface area contributed by atoms with Crippen molar-refractivity contribution >= 4 is 11.6 Å². The van der Waals surface area contributed by atoms with Crippen LogP contribution in [0.5, 0.6) is 0 Å². The molecule has 0 bridgehead atoms. The molecule has 0 aliphatic heterocycles. The summed E-state index contributed by atoms with van der Waals surface area (Å²) in [5.74, 6) is 2.47. The number of hydrogen-bond acceptors (Lipinski definition) is 5. The molecular weight excluding hydrogens is 240 g/mol. The van der Waals surface area contributed by atoms with Crippen LogP contribution in [0.15, 0.2) is 6.33 Å². The molecule has 1 aliphatic rings. The topological polar surface area (TPSA) is 70.1 Å². The Kier molecular flexibility index (Phi) is 4.58. The molecule has 2 atom stereocenters. The van der Waals surface area contributed by atoms with E-state index in [-0.39, 0.29) is 6.61 Å². The minimum absolute atomic E-state index is 0.249. The lowest BCUT2D eigenvalue weighted by Gasteiger charge is -2.23. The van der Waals surface area contributed by atoms with E-state index in [4.69, 9.17) is 0 Å². The summed E-state index contributed by atoms with van der Waals surface area (Å²) in [5.41, 5.74) is 1.12. The van der Waals surface area contributed by atoms with Gasteiger partial charge in [-0.15, -0.1) is 0 Å². The number of nitrogens with one attached hydrogen (secondary N) is 2. The molecule has 0 radical (unpaired) electrons.